The van der Waals surface area contributed by atoms with Gasteiger partial charge in [0.25, 0.3) is 0 Å². The van der Waals surface area contributed by atoms with Crippen LogP contribution in [0.4, 0.5) is 0 Å². The van der Waals surface area contributed by atoms with Crippen molar-refractivity contribution in [2.24, 2.45) is 0 Å². The fourth-order valence-electron chi connectivity index (χ4n) is 1.66. The molecule has 0 unspecified atom stereocenters. The third-order valence-electron chi connectivity index (χ3n) is 2.33. The molecule has 0 saturated carbocycles. The van der Waals surface area contributed by atoms with Crippen molar-refractivity contribution < 1.29 is 9.59 Å². The predicted molar refractivity (Wildman–Crippen MR) is 51.6 cm³/mol. The van der Waals surface area contributed by atoms with Gasteiger partial charge in [-0.05, 0) is 5.56 Å². The van der Waals surface area contributed by atoms with E-state index in [-0.39, 0.29) is 24.2 Å². The number of carbonyl (C=O) groups is 2. The van der Waals surface area contributed by atoms with Gasteiger partial charge < -0.3 is 5.32 Å². The maximum absolute atomic E-state index is 11.2. The summed E-state index contributed by atoms with van der Waals surface area (Å²) in [5, 5.41) is 2.80. The Labute approximate surface area is 82.1 Å². The molecule has 1 atom stereocenters. The molecule has 2 rings (SSSR count). The van der Waals surface area contributed by atoms with Gasteiger partial charge in [-0.15, -0.1) is 0 Å². The Hall–Kier alpha value is -1.64. The molecule has 1 aliphatic heterocycles. The summed E-state index contributed by atoms with van der Waals surface area (Å²) in [6.45, 7) is 0. The highest BCUT2D eigenvalue weighted by molar-refractivity contribution is 6.00. The Morgan fingerprint density at radius 1 is 1.14 bits per heavy atom. The van der Waals surface area contributed by atoms with Gasteiger partial charge in [0.05, 0.1) is 12.5 Å². The molecule has 1 heterocycles. The first kappa shape index (κ1) is 8.94. The van der Waals surface area contributed by atoms with Gasteiger partial charge in [-0.3, -0.25) is 9.59 Å². The molecule has 0 radical (unpaired) electrons. The topological polar surface area (TPSA) is 46.2 Å². The number of benzene rings is 1. The van der Waals surface area contributed by atoms with Gasteiger partial charge in [0.15, 0.2) is 0 Å². The third-order valence-corrected chi connectivity index (χ3v) is 2.33. The minimum Gasteiger partial charge on any atom is -0.348 e. The Bertz CT molecular complexity index is 343. The monoisotopic (exact) mass is 189 g/mol. The number of hydrogen-bond donors (Lipinski definition) is 1. The van der Waals surface area contributed by atoms with Gasteiger partial charge in [0, 0.05) is 6.42 Å². The van der Waals surface area contributed by atoms with Crippen LogP contribution in [-0.2, 0) is 9.59 Å². The van der Waals surface area contributed by atoms with Gasteiger partial charge in [-0.25, -0.2) is 0 Å². The first-order valence-corrected chi connectivity index (χ1v) is 4.62. The molecule has 0 aliphatic carbocycles. The highest BCUT2D eigenvalue weighted by Gasteiger charge is 2.24. The van der Waals surface area contributed by atoms with E-state index >= 15 is 0 Å². The molecule has 1 aromatic rings. The lowest BCUT2D eigenvalue weighted by Gasteiger charge is -2.22. The summed E-state index contributed by atoms with van der Waals surface area (Å²) in [6, 6.07) is 9.43. The molecule has 0 aromatic heterocycles. The van der Waals surface area contributed by atoms with Crippen molar-refractivity contribution in [3.63, 3.8) is 0 Å². The number of Topliss-reactive ketones (excluding diaryl/α,β-unsaturated/α-hetero) is 1. The van der Waals surface area contributed by atoms with Crippen LogP contribution in [0, 0.1) is 0 Å². The molecule has 1 saturated heterocycles. The maximum Gasteiger partial charge on any atom is 0.227 e. The van der Waals surface area contributed by atoms with Crippen molar-refractivity contribution in [1.29, 1.82) is 0 Å². The summed E-state index contributed by atoms with van der Waals surface area (Å²) in [5.41, 5.74) is 0.994. The summed E-state index contributed by atoms with van der Waals surface area (Å²) in [4.78, 5) is 22.3. The van der Waals surface area contributed by atoms with Gasteiger partial charge >= 0.3 is 0 Å². The third kappa shape index (κ3) is 1.82. The molecule has 1 aliphatic rings. The second kappa shape index (κ2) is 3.62. The van der Waals surface area contributed by atoms with E-state index in [4.69, 9.17) is 0 Å². The summed E-state index contributed by atoms with van der Waals surface area (Å²) in [5.74, 6) is -0.155. The number of carbonyl (C=O) groups excluding carboxylic acids is 2. The van der Waals surface area contributed by atoms with Crippen LogP contribution in [0.25, 0.3) is 0 Å². The zero-order chi connectivity index (χ0) is 9.97. The van der Waals surface area contributed by atoms with Crippen LogP contribution in [0.15, 0.2) is 30.3 Å². The van der Waals surface area contributed by atoms with Gasteiger partial charge in [-0.1, -0.05) is 30.3 Å². The molecule has 1 N–H and O–H groups in total. The lowest BCUT2D eigenvalue weighted by molar-refractivity contribution is -0.132. The molecule has 0 bridgehead atoms. The summed E-state index contributed by atoms with van der Waals surface area (Å²) in [7, 11) is 0. The van der Waals surface area contributed by atoms with E-state index < -0.39 is 0 Å². The average molecular weight is 189 g/mol. The smallest absolute Gasteiger partial charge is 0.227 e. The standard InChI is InChI=1S/C11H11NO2/c13-9-6-10(12-11(14)7-9)8-4-2-1-3-5-8/h1-5,10H,6-7H2,(H,12,14)/t10-/m1/s1. The Morgan fingerprint density at radius 2 is 1.86 bits per heavy atom. The molecule has 1 fully saturated rings. The quantitative estimate of drug-likeness (QED) is 0.675. The Kier molecular flexibility index (Phi) is 2.31. The molecule has 0 spiro atoms. The Morgan fingerprint density at radius 3 is 2.50 bits per heavy atom. The molecular formula is C11H11NO2. The fraction of sp³-hybridized carbons (Fsp3) is 0.273. The average Bonchev–Trinajstić information content (AvgIpc) is 2.18. The van der Waals surface area contributed by atoms with Crippen molar-refractivity contribution in [3.8, 4) is 0 Å². The fourth-order valence-corrected chi connectivity index (χ4v) is 1.66. The molecule has 3 heteroatoms. The van der Waals surface area contributed by atoms with E-state index in [1.807, 2.05) is 30.3 Å². The van der Waals surface area contributed by atoms with Gasteiger partial charge in [0.1, 0.15) is 5.78 Å². The second-order valence-corrected chi connectivity index (χ2v) is 3.45. The van der Waals surface area contributed by atoms with Gasteiger partial charge in [0.2, 0.25) is 5.91 Å². The SMILES string of the molecule is O=C1CC(=O)N[C@@H](c2ccccc2)C1. The first-order valence-electron chi connectivity index (χ1n) is 4.62. The van der Waals surface area contributed by atoms with Crippen molar-refractivity contribution >= 4 is 11.7 Å². The van der Waals surface area contributed by atoms with E-state index in [1.165, 1.54) is 0 Å². The molecule has 1 amide bonds. The van der Waals surface area contributed by atoms with Crippen molar-refractivity contribution in [1.82, 2.24) is 5.32 Å². The molecule has 1 aromatic carbocycles. The minimum atomic E-state index is -0.171. The number of piperidine rings is 1. The first-order chi connectivity index (χ1) is 6.75. The van der Waals surface area contributed by atoms with Crippen molar-refractivity contribution in [2.45, 2.75) is 18.9 Å². The molecule has 3 nitrogen and oxygen atoms in total. The minimum absolute atomic E-state index is 0.0163. The molecule has 14 heavy (non-hydrogen) atoms. The predicted octanol–water partition coefficient (Wildman–Crippen LogP) is 1.21. The zero-order valence-electron chi connectivity index (χ0n) is 7.69. The van der Waals surface area contributed by atoms with Crippen LogP contribution in [0.1, 0.15) is 24.4 Å². The van der Waals surface area contributed by atoms with Crippen LogP contribution >= 0.6 is 0 Å². The van der Waals surface area contributed by atoms with E-state index in [0.29, 0.717) is 6.42 Å². The van der Waals surface area contributed by atoms with Crippen LogP contribution in [0.5, 0.6) is 0 Å². The van der Waals surface area contributed by atoms with Crippen molar-refractivity contribution in [2.75, 3.05) is 0 Å². The summed E-state index contributed by atoms with van der Waals surface area (Å²) >= 11 is 0. The van der Waals surface area contributed by atoms with E-state index in [2.05, 4.69) is 5.32 Å². The number of nitrogens with one attached hydrogen (secondary N) is 1. The van der Waals surface area contributed by atoms with E-state index in [1.54, 1.807) is 0 Å². The Balaban J connectivity index is 2.19. The van der Waals surface area contributed by atoms with Crippen LogP contribution in [-0.4, -0.2) is 11.7 Å². The molecular weight excluding hydrogens is 178 g/mol. The number of amides is 1. The van der Waals surface area contributed by atoms with Crippen molar-refractivity contribution in [3.05, 3.63) is 35.9 Å². The largest absolute Gasteiger partial charge is 0.348 e. The summed E-state index contributed by atoms with van der Waals surface area (Å²) in [6.07, 6.45) is 0.444. The van der Waals surface area contributed by atoms with Crippen LogP contribution in [0.3, 0.4) is 0 Å². The second-order valence-electron chi connectivity index (χ2n) is 3.45. The maximum atomic E-state index is 11.2. The van der Waals surface area contributed by atoms with Crippen LogP contribution in [0.2, 0.25) is 0 Å². The van der Waals surface area contributed by atoms with E-state index in [9.17, 15) is 9.59 Å². The number of hydrogen-bond acceptors (Lipinski definition) is 2. The zero-order valence-corrected chi connectivity index (χ0v) is 7.69. The lowest BCUT2D eigenvalue weighted by atomic mass is 9.96. The summed E-state index contributed by atoms with van der Waals surface area (Å²) < 4.78 is 0. The highest BCUT2D eigenvalue weighted by Crippen LogP contribution is 2.20. The molecule has 72 valence electrons. The van der Waals surface area contributed by atoms with Crippen LogP contribution < -0.4 is 5.32 Å². The normalized spacial score (nSPS) is 21.9. The lowest BCUT2D eigenvalue weighted by Crippen LogP contribution is -2.36. The number of rotatable bonds is 1. The highest BCUT2D eigenvalue weighted by atomic mass is 16.2. The van der Waals surface area contributed by atoms with Gasteiger partial charge in [-0.2, -0.15) is 0 Å². The van der Waals surface area contributed by atoms with E-state index in [0.717, 1.165) is 5.56 Å². The number of ketones is 1.